The van der Waals surface area contributed by atoms with E-state index in [-0.39, 0.29) is 15.9 Å². The second-order valence-corrected chi connectivity index (χ2v) is 9.26. The molecular formula is C14H25ClO2S. The van der Waals surface area contributed by atoms with E-state index in [2.05, 4.69) is 0 Å². The molecule has 1 unspecified atom stereocenters. The van der Waals surface area contributed by atoms with Crippen LogP contribution in [-0.2, 0) is 9.84 Å². The third-order valence-electron chi connectivity index (χ3n) is 4.85. The average Bonchev–Trinajstić information content (AvgIpc) is 2.40. The fourth-order valence-corrected chi connectivity index (χ4v) is 6.26. The molecule has 2 fully saturated rings. The van der Waals surface area contributed by atoms with Gasteiger partial charge in [-0.05, 0) is 51.4 Å². The maximum absolute atomic E-state index is 12.6. The van der Waals surface area contributed by atoms with Crippen molar-refractivity contribution in [3.8, 4) is 0 Å². The molecule has 0 N–H and O–H groups in total. The van der Waals surface area contributed by atoms with Gasteiger partial charge in [-0.3, -0.25) is 0 Å². The van der Waals surface area contributed by atoms with Crippen molar-refractivity contribution in [1.29, 1.82) is 0 Å². The zero-order valence-corrected chi connectivity index (χ0v) is 12.8. The van der Waals surface area contributed by atoms with Crippen molar-refractivity contribution in [3.05, 3.63) is 0 Å². The van der Waals surface area contributed by atoms with Gasteiger partial charge in [0.15, 0.2) is 9.84 Å². The van der Waals surface area contributed by atoms with Gasteiger partial charge in [0, 0.05) is 5.38 Å². The molecule has 2 rings (SSSR count). The Morgan fingerprint density at radius 3 is 1.89 bits per heavy atom. The summed E-state index contributed by atoms with van der Waals surface area (Å²) in [7, 11) is -2.88. The quantitative estimate of drug-likeness (QED) is 0.739. The summed E-state index contributed by atoms with van der Waals surface area (Å²) in [5.74, 6) is 0.518. The van der Waals surface area contributed by atoms with Gasteiger partial charge in [0.1, 0.15) is 0 Å². The lowest BCUT2D eigenvalue weighted by Crippen LogP contribution is -2.37. The summed E-state index contributed by atoms with van der Waals surface area (Å²) in [4.78, 5) is 0. The van der Waals surface area contributed by atoms with Crippen LogP contribution in [0.3, 0.4) is 0 Å². The van der Waals surface area contributed by atoms with Gasteiger partial charge < -0.3 is 0 Å². The van der Waals surface area contributed by atoms with E-state index < -0.39 is 9.84 Å². The number of rotatable bonds is 3. The lowest BCUT2D eigenvalue weighted by molar-refractivity contribution is 0.349. The SMILES string of the molecule is CC(Cl)C1CCC(S(=O)(=O)C2CCCCC2)CC1. The summed E-state index contributed by atoms with van der Waals surface area (Å²) in [6.45, 7) is 2.03. The van der Waals surface area contributed by atoms with Crippen LogP contribution in [-0.4, -0.2) is 24.3 Å². The van der Waals surface area contributed by atoms with Gasteiger partial charge in [-0.25, -0.2) is 8.42 Å². The first kappa shape index (κ1) is 14.6. The molecule has 2 aliphatic rings. The molecule has 2 saturated carbocycles. The Morgan fingerprint density at radius 1 is 0.889 bits per heavy atom. The molecule has 0 heterocycles. The molecular weight excluding hydrogens is 268 g/mol. The number of halogens is 1. The third kappa shape index (κ3) is 3.22. The molecule has 0 bridgehead atoms. The molecule has 0 amide bonds. The summed E-state index contributed by atoms with van der Waals surface area (Å²) in [6, 6.07) is 0. The molecule has 18 heavy (non-hydrogen) atoms. The van der Waals surface area contributed by atoms with E-state index in [0.717, 1.165) is 51.4 Å². The van der Waals surface area contributed by atoms with Crippen molar-refractivity contribution >= 4 is 21.4 Å². The fraction of sp³-hybridized carbons (Fsp3) is 1.00. The maximum Gasteiger partial charge on any atom is 0.156 e. The molecule has 2 nitrogen and oxygen atoms in total. The van der Waals surface area contributed by atoms with Crippen molar-refractivity contribution in [1.82, 2.24) is 0 Å². The first-order valence-electron chi connectivity index (χ1n) is 7.38. The predicted molar refractivity (Wildman–Crippen MR) is 76.9 cm³/mol. The van der Waals surface area contributed by atoms with Gasteiger partial charge >= 0.3 is 0 Å². The Balaban J connectivity index is 1.95. The highest BCUT2D eigenvalue weighted by Crippen LogP contribution is 2.36. The van der Waals surface area contributed by atoms with Gasteiger partial charge in [0.05, 0.1) is 10.5 Å². The molecule has 0 radical (unpaired) electrons. The second-order valence-electron chi connectivity index (χ2n) is 6.06. The first-order chi connectivity index (χ1) is 8.51. The van der Waals surface area contributed by atoms with Gasteiger partial charge in [-0.15, -0.1) is 11.6 Å². The Bertz CT molecular complexity index is 350. The number of sulfone groups is 1. The minimum atomic E-state index is -2.88. The van der Waals surface area contributed by atoms with Crippen LogP contribution in [0.25, 0.3) is 0 Å². The molecule has 106 valence electrons. The number of hydrogen-bond donors (Lipinski definition) is 0. The van der Waals surface area contributed by atoms with Gasteiger partial charge in [-0.2, -0.15) is 0 Å². The van der Waals surface area contributed by atoms with E-state index in [1.54, 1.807) is 0 Å². The van der Waals surface area contributed by atoms with Crippen LogP contribution in [0, 0.1) is 5.92 Å². The normalized spacial score (nSPS) is 33.2. The molecule has 0 spiro atoms. The van der Waals surface area contributed by atoms with Crippen molar-refractivity contribution in [2.24, 2.45) is 5.92 Å². The largest absolute Gasteiger partial charge is 0.228 e. The number of hydrogen-bond acceptors (Lipinski definition) is 2. The van der Waals surface area contributed by atoms with Crippen molar-refractivity contribution in [2.75, 3.05) is 0 Å². The maximum atomic E-state index is 12.6. The Morgan fingerprint density at radius 2 is 1.39 bits per heavy atom. The Labute approximate surface area is 116 Å². The van der Waals surface area contributed by atoms with Crippen LogP contribution in [0.5, 0.6) is 0 Å². The highest BCUT2D eigenvalue weighted by Gasteiger charge is 2.37. The zero-order chi connectivity index (χ0) is 13.2. The van der Waals surface area contributed by atoms with E-state index in [1.165, 1.54) is 6.42 Å². The van der Waals surface area contributed by atoms with E-state index in [9.17, 15) is 8.42 Å². The summed E-state index contributed by atoms with van der Waals surface area (Å²) in [5, 5.41) is 0.0665. The van der Waals surface area contributed by atoms with Crippen LogP contribution in [0.4, 0.5) is 0 Å². The monoisotopic (exact) mass is 292 g/mol. The molecule has 0 aromatic carbocycles. The smallest absolute Gasteiger partial charge is 0.156 e. The molecule has 0 aromatic heterocycles. The minimum absolute atomic E-state index is 0.0405. The van der Waals surface area contributed by atoms with Gasteiger partial charge in [-0.1, -0.05) is 19.3 Å². The minimum Gasteiger partial charge on any atom is -0.228 e. The topological polar surface area (TPSA) is 34.1 Å². The lowest BCUT2D eigenvalue weighted by Gasteiger charge is -2.33. The van der Waals surface area contributed by atoms with Crippen molar-refractivity contribution in [3.63, 3.8) is 0 Å². The Hall–Kier alpha value is 0.240. The van der Waals surface area contributed by atoms with Crippen LogP contribution in [0.15, 0.2) is 0 Å². The van der Waals surface area contributed by atoms with Crippen molar-refractivity contribution in [2.45, 2.75) is 80.6 Å². The molecule has 0 aromatic rings. The molecule has 4 heteroatoms. The highest BCUT2D eigenvalue weighted by atomic mass is 35.5. The zero-order valence-electron chi connectivity index (χ0n) is 11.3. The second kappa shape index (κ2) is 6.13. The highest BCUT2D eigenvalue weighted by molar-refractivity contribution is 7.92. The third-order valence-corrected chi connectivity index (χ3v) is 8.01. The predicted octanol–water partition coefficient (Wildman–Crippen LogP) is 3.92. The summed E-state index contributed by atoms with van der Waals surface area (Å²) in [6.07, 6.45) is 8.84. The van der Waals surface area contributed by atoms with E-state index in [1.807, 2.05) is 6.92 Å². The van der Waals surface area contributed by atoms with E-state index in [4.69, 9.17) is 11.6 Å². The summed E-state index contributed by atoms with van der Waals surface area (Å²) < 4.78 is 25.2. The lowest BCUT2D eigenvalue weighted by atomic mass is 9.87. The molecule has 0 saturated heterocycles. The fourth-order valence-electron chi connectivity index (χ4n) is 3.54. The van der Waals surface area contributed by atoms with Crippen LogP contribution >= 0.6 is 11.6 Å². The standard InChI is InChI=1S/C14H25ClO2S/c1-11(15)12-7-9-14(10-8-12)18(16,17)13-5-3-2-4-6-13/h11-14H,2-10H2,1H3. The van der Waals surface area contributed by atoms with Gasteiger partial charge in [0.25, 0.3) is 0 Å². The Kier molecular flexibility index (Phi) is 4.99. The van der Waals surface area contributed by atoms with E-state index >= 15 is 0 Å². The first-order valence-corrected chi connectivity index (χ1v) is 9.43. The van der Waals surface area contributed by atoms with Crippen molar-refractivity contribution < 1.29 is 8.42 Å². The summed E-state index contributed by atoms with van der Waals surface area (Å²) in [5.41, 5.74) is 0. The van der Waals surface area contributed by atoms with Crippen LogP contribution in [0.2, 0.25) is 0 Å². The van der Waals surface area contributed by atoms with Crippen LogP contribution in [0.1, 0.15) is 64.7 Å². The van der Waals surface area contributed by atoms with Gasteiger partial charge in [0.2, 0.25) is 0 Å². The molecule has 0 aliphatic heterocycles. The number of alkyl halides is 1. The summed E-state index contributed by atoms with van der Waals surface area (Å²) >= 11 is 6.12. The molecule has 1 atom stereocenters. The van der Waals surface area contributed by atoms with Crippen LogP contribution < -0.4 is 0 Å². The van der Waals surface area contributed by atoms with E-state index in [0.29, 0.717) is 5.92 Å². The molecule has 2 aliphatic carbocycles. The average molecular weight is 293 g/mol.